The summed E-state index contributed by atoms with van der Waals surface area (Å²) in [5.41, 5.74) is 2.99. The Labute approximate surface area is 102 Å². The molecule has 0 aliphatic rings. The molecule has 1 aromatic heterocycles. The first-order chi connectivity index (χ1) is 8.24. The van der Waals surface area contributed by atoms with Crippen molar-refractivity contribution in [3.63, 3.8) is 0 Å². The van der Waals surface area contributed by atoms with Gasteiger partial charge in [-0.3, -0.25) is 0 Å². The van der Waals surface area contributed by atoms with Crippen LogP contribution < -0.4 is 0 Å². The Hall–Kier alpha value is -1.77. The highest BCUT2D eigenvalue weighted by atomic mass is 16.3. The number of para-hydroxylation sites is 1. The van der Waals surface area contributed by atoms with E-state index in [-0.39, 0.29) is 5.88 Å². The second-order valence-electron chi connectivity index (χ2n) is 4.24. The van der Waals surface area contributed by atoms with Crippen molar-refractivity contribution in [2.24, 2.45) is 0 Å². The van der Waals surface area contributed by atoms with Gasteiger partial charge in [0.15, 0.2) is 0 Å². The van der Waals surface area contributed by atoms with Gasteiger partial charge in [-0.25, -0.2) is 4.68 Å². The van der Waals surface area contributed by atoms with E-state index < -0.39 is 0 Å². The Bertz CT molecular complexity index is 488. The fourth-order valence-electron chi connectivity index (χ4n) is 1.99. The normalized spacial score (nSPS) is 10.7. The Morgan fingerprint density at radius 2 is 1.94 bits per heavy atom. The molecule has 90 valence electrons. The van der Waals surface area contributed by atoms with Gasteiger partial charge in [0.2, 0.25) is 5.88 Å². The molecular formula is C14H18N2O. The summed E-state index contributed by atoms with van der Waals surface area (Å²) < 4.78 is 1.81. The third-order valence-corrected chi connectivity index (χ3v) is 3.00. The zero-order chi connectivity index (χ0) is 12.3. The number of unbranched alkanes of at least 4 members (excludes halogenated alkanes) is 1. The number of aromatic nitrogens is 2. The van der Waals surface area contributed by atoms with Crippen LogP contribution in [-0.4, -0.2) is 14.9 Å². The van der Waals surface area contributed by atoms with E-state index >= 15 is 0 Å². The van der Waals surface area contributed by atoms with Gasteiger partial charge in [-0.2, -0.15) is 0 Å². The van der Waals surface area contributed by atoms with Gasteiger partial charge in [0.25, 0.3) is 0 Å². The number of hydrogen-bond acceptors (Lipinski definition) is 2. The first-order valence-electron chi connectivity index (χ1n) is 6.07. The molecule has 3 nitrogen and oxygen atoms in total. The molecule has 0 aliphatic carbocycles. The number of aromatic hydroxyl groups is 1. The van der Waals surface area contributed by atoms with Crippen molar-refractivity contribution in [2.75, 3.05) is 0 Å². The maximum Gasteiger partial charge on any atom is 0.234 e. The lowest BCUT2D eigenvalue weighted by Gasteiger charge is -2.04. The molecule has 0 saturated carbocycles. The first kappa shape index (κ1) is 11.7. The summed E-state index contributed by atoms with van der Waals surface area (Å²) in [6.45, 7) is 4.15. The van der Waals surface area contributed by atoms with Crippen LogP contribution in [0.25, 0.3) is 5.69 Å². The van der Waals surface area contributed by atoms with Crippen molar-refractivity contribution in [1.29, 1.82) is 0 Å². The lowest BCUT2D eigenvalue weighted by Crippen LogP contribution is -1.99. The molecule has 3 heteroatoms. The van der Waals surface area contributed by atoms with E-state index in [9.17, 15) is 5.11 Å². The van der Waals surface area contributed by atoms with E-state index in [0.29, 0.717) is 0 Å². The molecule has 0 fully saturated rings. The Morgan fingerprint density at radius 3 is 2.59 bits per heavy atom. The molecule has 0 saturated heterocycles. The number of hydrogen-bond donors (Lipinski definition) is 1. The zero-order valence-electron chi connectivity index (χ0n) is 10.3. The van der Waals surface area contributed by atoms with Crippen molar-refractivity contribution in [3.8, 4) is 11.6 Å². The molecule has 2 aromatic rings. The van der Waals surface area contributed by atoms with E-state index in [0.717, 1.165) is 36.2 Å². The average molecular weight is 230 g/mol. The Balaban J connectivity index is 2.37. The minimum Gasteiger partial charge on any atom is -0.492 e. The minimum atomic E-state index is 0.166. The largest absolute Gasteiger partial charge is 0.492 e. The van der Waals surface area contributed by atoms with Crippen LogP contribution >= 0.6 is 0 Å². The molecule has 2 rings (SSSR count). The summed E-state index contributed by atoms with van der Waals surface area (Å²) in [5, 5.41) is 14.1. The molecular weight excluding hydrogens is 212 g/mol. The third kappa shape index (κ3) is 2.33. The van der Waals surface area contributed by atoms with E-state index in [4.69, 9.17) is 0 Å². The van der Waals surface area contributed by atoms with Gasteiger partial charge < -0.3 is 5.11 Å². The van der Waals surface area contributed by atoms with Gasteiger partial charge in [0, 0.05) is 11.3 Å². The fraction of sp³-hybridized carbons (Fsp3) is 0.357. The van der Waals surface area contributed by atoms with Gasteiger partial charge in [-0.1, -0.05) is 31.5 Å². The Morgan fingerprint density at radius 1 is 1.24 bits per heavy atom. The van der Waals surface area contributed by atoms with E-state index in [1.807, 2.05) is 37.3 Å². The predicted octanol–water partition coefficient (Wildman–Crippen LogP) is 3.23. The maximum atomic E-state index is 9.87. The van der Waals surface area contributed by atoms with E-state index in [2.05, 4.69) is 12.0 Å². The van der Waals surface area contributed by atoms with Crippen molar-refractivity contribution in [3.05, 3.63) is 41.6 Å². The van der Waals surface area contributed by atoms with Gasteiger partial charge in [-0.15, -0.1) is 5.10 Å². The third-order valence-electron chi connectivity index (χ3n) is 3.00. The van der Waals surface area contributed by atoms with Crippen molar-refractivity contribution in [2.45, 2.75) is 33.1 Å². The number of nitrogens with zero attached hydrogens (tertiary/aromatic N) is 2. The van der Waals surface area contributed by atoms with E-state index in [1.165, 1.54) is 0 Å². The SMILES string of the molecule is CCCCc1c(O)nn(-c2ccccc2)c1C. The quantitative estimate of drug-likeness (QED) is 0.875. The van der Waals surface area contributed by atoms with Crippen LogP contribution in [0, 0.1) is 6.92 Å². The van der Waals surface area contributed by atoms with Crippen molar-refractivity contribution < 1.29 is 5.11 Å². The van der Waals surface area contributed by atoms with Gasteiger partial charge in [-0.05, 0) is 31.9 Å². The summed E-state index contributed by atoms with van der Waals surface area (Å²) in [4.78, 5) is 0. The standard InChI is InChI=1S/C14H18N2O/c1-3-4-10-13-11(2)16(15-14(13)17)12-8-6-5-7-9-12/h5-9H,3-4,10H2,1-2H3,(H,15,17). The van der Waals surface area contributed by atoms with Gasteiger partial charge in [0.05, 0.1) is 5.69 Å². The monoisotopic (exact) mass is 230 g/mol. The molecule has 0 amide bonds. The molecule has 1 heterocycles. The van der Waals surface area contributed by atoms with Gasteiger partial charge >= 0.3 is 0 Å². The van der Waals surface area contributed by atoms with Crippen LogP contribution in [0.3, 0.4) is 0 Å². The second kappa shape index (κ2) is 5.04. The summed E-state index contributed by atoms with van der Waals surface area (Å²) in [5.74, 6) is 0.166. The summed E-state index contributed by atoms with van der Waals surface area (Å²) in [6.07, 6.45) is 3.09. The molecule has 1 aromatic carbocycles. The van der Waals surface area contributed by atoms with Crippen LogP contribution in [0.15, 0.2) is 30.3 Å². The topological polar surface area (TPSA) is 38.1 Å². The van der Waals surface area contributed by atoms with Crippen LogP contribution in [0.2, 0.25) is 0 Å². The zero-order valence-corrected chi connectivity index (χ0v) is 10.3. The van der Waals surface area contributed by atoms with Crippen molar-refractivity contribution >= 4 is 0 Å². The average Bonchev–Trinajstić information content (AvgIpc) is 2.64. The summed E-state index contributed by atoms with van der Waals surface area (Å²) in [7, 11) is 0. The maximum absolute atomic E-state index is 9.87. The molecule has 1 N–H and O–H groups in total. The smallest absolute Gasteiger partial charge is 0.234 e. The highest BCUT2D eigenvalue weighted by Crippen LogP contribution is 2.24. The molecule has 0 aliphatic heterocycles. The number of benzene rings is 1. The predicted molar refractivity (Wildman–Crippen MR) is 68.6 cm³/mol. The first-order valence-corrected chi connectivity index (χ1v) is 6.07. The number of rotatable bonds is 4. The Kier molecular flexibility index (Phi) is 3.47. The second-order valence-corrected chi connectivity index (χ2v) is 4.24. The highest BCUT2D eigenvalue weighted by molar-refractivity contribution is 5.39. The molecule has 0 spiro atoms. The summed E-state index contributed by atoms with van der Waals surface area (Å²) in [6, 6.07) is 9.89. The lowest BCUT2D eigenvalue weighted by molar-refractivity contribution is 0.441. The lowest BCUT2D eigenvalue weighted by atomic mass is 10.1. The molecule has 0 unspecified atom stereocenters. The molecule has 0 atom stereocenters. The van der Waals surface area contributed by atoms with Crippen LogP contribution in [0.5, 0.6) is 5.88 Å². The molecule has 0 radical (unpaired) electrons. The highest BCUT2D eigenvalue weighted by Gasteiger charge is 2.13. The minimum absolute atomic E-state index is 0.166. The summed E-state index contributed by atoms with van der Waals surface area (Å²) >= 11 is 0. The molecule has 17 heavy (non-hydrogen) atoms. The van der Waals surface area contributed by atoms with E-state index in [1.54, 1.807) is 4.68 Å². The van der Waals surface area contributed by atoms with Gasteiger partial charge in [0.1, 0.15) is 0 Å². The van der Waals surface area contributed by atoms with Crippen LogP contribution in [0.1, 0.15) is 31.0 Å². The van der Waals surface area contributed by atoms with Crippen LogP contribution in [-0.2, 0) is 6.42 Å². The molecule has 0 bridgehead atoms. The fourth-order valence-corrected chi connectivity index (χ4v) is 1.99. The van der Waals surface area contributed by atoms with Crippen LogP contribution in [0.4, 0.5) is 0 Å². The van der Waals surface area contributed by atoms with Crippen molar-refractivity contribution in [1.82, 2.24) is 9.78 Å².